The largest absolute Gasteiger partial charge is 0.497 e. The highest BCUT2D eigenvalue weighted by Gasteiger charge is 2.21. The van der Waals surface area contributed by atoms with E-state index in [0.29, 0.717) is 16.6 Å². The van der Waals surface area contributed by atoms with Gasteiger partial charge in [-0.1, -0.05) is 11.8 Å². The van der Waals surface area contributed by atoms with Gasteiger partial charge in [-0.15, -0.1) is 5.10 Å². The Balaban J connectivity index is 1.79. The fraction of sp³-hybridized carbons (Fsp3) is 0.176. The third kappa shape index (κ3) is 3.72. The zero-order valence-electron chi connectivity index (χ0n) is 13.9. The van der Waals surface area contributed by atoms with Crippen molar-refractivity contribution in [3.05, 3.63) is 59.7 Å². The first kappa shape index (κ1) is 18.0. The van der Waals surface area contributed by atoms with Gasteiger partial charge >= 0.3 is 0 Å². The lowest BCUT2D eigenvalue weighted by molar-refractivity contribution is 0.0993. The number of rotatable bonds is 6. The molecule has 0 aliphatic rings. The van der Waals surface area contributed by atoms with E-state index in [1.807, 2.05) is 0 Å². The number of halogens is 2. The van der Waals surface area contributed by atoms with E-state index < -0.39 is 16.9 Å². The van der Waals surface area contributed by atoms with Crippen LogP contribution in [0.1, 0.15) is 17.3 Å². The number of ketones is 1. The average molecular weight is 376 g/mol. The number of hydrogen-bond acceptors (Lipinski definition) is 6. The Bertz CT molecular complexity index is 931. The van der Waals surface area contributed by atoms with E-state index in [0.717, 1.165) is 23.9 Å². The molecule has 0 N–H and O–H groups in total. The molecule has 134 valence electrons. The van der Waals surface area contributed by atoms with E-state index in [1.54, 1.807) is 38.3 Å². The number of nitrogens with zero attached hydrogens (tertiary/aromatic N) is 4. The molecule has 9 heteroatoms. The van der Waals surface area contributed by atoms with Crippen molar-refractivity contribution in [1.29, 1.82) is 0 Å². The summed E-state index contributed by atoms with van der Waals surface area (Å²) in [5, 5.41) is 11.3. The Morgan fingerprint density at radius 2 is 1.88 bits per heavy atom. The fourth-order valence-electron chi connectivity index (χ4n) is 2.23. The highest BCUT2D eigenvalue weighted by Crippen LogP contribution is 2.26. The van der Waals surface area contributed by atoms with Crippen LogP contribution in [0.2, 0.25) is 0 Å². The van der Waals surface area contributed by atoms with Crippen molar-refractivity contribution in [3.63, 3.8) is 0 Å². The van der Waals surface area contributed by atoms with Crippen LogP contribution in [0.5, 0.6) is 5.75 Å². The third-order valence-electron chi connectivity index (χ3n) is 3.61. The van der Waals surface area contributed by atoms with Crippen molar-refractivity contribution >= 4 is 17.5 Å². The minimum atomic E-state index is -1.06. The van der Waals surface area contributed by atoms with Crippen LogP contribution in [0.4, 0.5) is 8.78 Å². The number of tetrazole rings is 1. The number of Topliss-reactive ketones (excluding diaryl/α,β-unsaturated/α-hetero) is 1. The van der Waals surface area contributed by atoms with Crippen molar-refractivity contribution in [3.8, 4) is 11.4 Å². The first-order valence-electron chi connectivity index (χ1n) is 7.58. The summed E-state index contributed by atoms with van der Waals surface area (Å²) < 4.78 is 33.0. The van der Waals surface area contributed by atoms with Crippen molar-refractivity contribution in [1.82, 2.24) is 20.2 Å². The lowest BCUT2D eigenvalue weighted by atomic mass is 10.1. The summed E-state index contributed by atoms with van der Waals surface area (Å²) in [4.78, 5) is 12.5. The quantitative estimate of drug-likeness (QED) is 0.486. The Hall–Kier alpha value is -2.81. The van der Waals surface area contributed by atoms with Crippen LogP contribution in [0.25, 0.3) is 5.69 Å². The Kier molecular flexibility index (Phi) is 5.27. The maximum absolute atomic E-state index is 13.3. The third-order valence-corrected chi connectivity index (χ3v) is 4.65. The Morgan fingerprint density at radius 1 is 1.15 bits per heavy atom. The molecule has 0 spiro atoms. The molecule has 1 atom stereocenters. The molecular weight excluding hydrogens is 362 g/mol. The molecule has 1 heterocycles. The zero-order chi connectivity index (χ0) is 18.7. The molecular formula is C17H14F2N4O2S. The van der Waals surface area contributed by atoms with Gasteiger partial charge in [-0.05, 0) is 59.8 Å². The number of carbonyl (C=O) groups is 1. The molecule has 2 aromatic carbocycles. The molecule has 0 unspecified atom stereocenters. The normalized spacial score (nSPS) is 12.0. The minimum absolute atomic E-state index is 0.0902. The van der Waals surface area contributed by atoms with Gasteiger partial charge in [0.25, 0.3) is 0 Å². The summed E-state index contributed by atoms with van der Waals surface area (Å²) >= 11 is 1.12. The van der Waals surface area contributed by atoms with E-state index in [9.17, 15) is 13.6 Å². The molecule has 0 fully saturated rings. The summed E-state index contributed by atoms with van der Waals surface area (Å²) in [5.74, 6) is -1.71. The first-order valence-corrected chi connectivity index (χ1v) is 8.46. The van der Waals surface area contributed by atoms with E-state index in [2.05, 4.69) is 15.5 Å². The van der Waals surface area contributed by atoms with Crippen molar-refractivity contribution in [2.75, 3.05) is 7.11 Å². The fourth-order valence-corrected chi connectivity index (χ4v) is 3.12. The number of benzene rings is 2. The van der Waals surface area contributed by atoms with Crippen LogP contribution in [0.15, 0.2) is 47.6 Å². The van der Waals surface area contributed by atoms with Crippen LogP contribution >= 0.6 is 11.8 Å². The predicted octanol–water partition coefficient (Wildman–Crippen LogP) is 3.31. The molecule has 0 saturated carbocycles. The highest BCUT2D eigenvalue weighted by molar-refractivity contribution is 8.00. The Morgan fingerprint density at radius 3 is 2.54 bits per heavy atom. The molecule has 0 amide bonds. The van der Waals surface area contributed by atoms with Crippen molar-refractivity contribution < 1.29 is 18.3 Å². The van der Waals surface area contributed by atoms with E-state index >= 15 is 0 Å². The van der Waals surface area contributed by atoms with Gasteiger partial charge in [0.2, 0.25) is 5.16 Å². The molecule has 0 aliphatic carbocycles. The maximum Gasteiger partial charge on any atom is 0.214 e. The summed E-state index contributed by atoms with van der Waals surface area (Å²) in [6, 6.07) is 10.2. The molecule has 3 aromatic rings. The Labute approximate surface area is 152 Å². The molecule has 0 bridgehead atoms. The second-order valence-corrected chi connectivity index (χ2v) is 6.63. The molecule has 3 rings (SSSR count). The summed E-state index contributed by atoms with van der Waals surface area (Å²) in [7, 11) is 1.57. The number of hydrogen-bond donors (Lipinski definition) is 0. The van der Waals surface area contributed by atoms with Gasteiger partial charge in [-0.3, -0.25) is 4.79 Å². The second kappa shape index (κ2) is 7.61. The first-order chi connectivity index (χ1) is 12.5. The number of ether oxygens (including phenoxy) is 1. The standard InChI is InChI=1S/C17H14F2N4O2S/c1-10(16(24)11-3-8-14(18)15(19)9-11)26-17-20-21-22-23(17)12-4-6-13(25-2)7-5-12/h3-10H,1-2H3/t10-/m0/s1. The zero-order valence-corrected chi connectivity index (χ0v) is 14.7. The lowest BCUT2D eigenvalue weighted by Crippen LogP contribution is -2.15. The van der Waals surface area contributed by atoms with Crippen molar-refractivity contribution in [2.45, 2.75) is 17.3 Å². The molecule has 0 radical (unpaired) electrons. The minimum Gasteiger partial charge on any atom is -0.497 e. The van der Waals surface area contributed by atoms with Gasteiger partial charge in [0.15, 0.2) is 17.4 Å². The van der Waals surface area contributed by atoms with Gasteiger partial charge in [-0.2, -0.15) is 4.68 Å². The maximum atomic E-state index is 13.3. The van der Waals surface area contributed by atoms with E-state index in [-0.39, 0.29) is 11.3 Å². The number of methoxy groups -OCH3 is 1. The van der Waals surface area contributed by atoms with E-state index in [1.165, 1.54) is 10.7 Å². The predicted molar refractivity (Wildman–Crippen MR) is 91.7 cm³/mol. The number of carbonyl (C=O) groups excluding carboxylic acids is 1. The van der Waals surface area contributed by atoms with Gasteiger partial charge in [-0.25, -0.2) is 8.78 Å². The molecule has 0 aliphatic heterocycles. The second-order valence-electron chi connectivity index (χ2n) is 5.32. The summed E-state index contributed by atoms with van der Waals surface area (Å²) in [6.45, 7) is 1.65. The molecule has 6 nitrogen and oxygen atoms in total. The van der Waals surface area contributed by atoms with Crippen LogP contribution in [-0.4, -0.2) is 38.4 Å². The van der Waals surface area contributed by atoms with Crippen molar-refractivity contribution in [2.24, 2.45) is 0 Å². The van der Waals surface area contributed by atoms with Gasteiger partial charge < -0.3 is 4.74 Å². The smallest absolute Gasteiger partial charge is 0.214 e. The SMILES string of the molecule is COc1ccc(-n2nnnc2S[C@@H](C)C(=O)c2ccc(F)c(F)c2)cc1. The molecule has 0 saturated heterocycles. The monoisotopic (exact) mass is 376 g/mol. The van der Waals surface area contributed by atoms with Gasteiger partial charge in [0.1, 0.15) is 5.75 Å². The van der Waals surface area contributed by atoms with Crippen LogP contribution in [0, 0.1) is 11.6 Å². The highest BCUT2D eigenvalue weighted by atomic mass is 32.2. The average Bonchev–Trinajstić information content (AvgIpc) is 3.11. The van der Waals surface area contributed by atoms with Crippen LogP contribution in [-0.2, 0) is 0 Å². The summed E-state index contributed by atoms with van der Waals surface area (Å²) in [6.07, 6.45) is 0. The topological polar surface area (TPSA) is 69.9 Å². The van der Waals surface area contributed by atoms with Gasteiger partial charge in [0, 0.05) is 5.56 Å². The van der Waals surface area contributed by atoms with Crippen LogP contribution in [0.3, 0.4) is 0 Å². The summed E-state index contributed by atoms with van der Waals surface area (Å²) in [5.41, 5.74) is 0.790. The van der Waals surface area contributed by atoms with E-state index in [4.69, 9.17) is 4.74 Å². The van der Waals surface area contributed by atoms with Gasteiger partial charge in [0.05, 0.1) is 18.0 Å². The van der Waals surface area contributed by atoms with Crippen LogP contribution < -0.4 is 4.74 Å². The molecule has 1 aromatic heterocycles. The lowest BCUT2D eigenvalue weighted by Gasteiger charge is -2.10. The molecule has 26 heavy (non-hydrogen) atoms. The number of thioether (sulfide) groups is 1. The number of aromatic nitrogens is 4.